The van der Waals surface area contributed by atoms with Gasteiger partial charge in [0.2, 0.25) is 0 Å². The zero-order chi connectivity index (χ0) is 13.2. The molecule has 0 fully saturated rings. The first kappa shape index (κ1) is 12.3. The molecule has 2 aromatic rings. The van der Waals surface area contributed by atoms with Gasteiger partial charge < -0.3 is 15.2 Å². The maximum Gasteiger partial charge on any atom is 0.161 e. The van der Waals surface area contributed by atoms with Gasteiger partial charge in [0.15, 0.2) is 17.6 Å². The first-order chi connectivity index (χ1) is 9.24. The van der Waals surface area contributed by atoms with Crippen molar-refractivity contribution >= 4 is 11.6 Å². The van der Waals surface area contributed by atoms with Gasteiger partial charge in [0.25, 0.3) is 0 Å². The van der Waals surface area contributed by atoms with E-state index in [-0.39, 0.29) is 12.1 Å². The third-order valence-electron chi connectivity index (χ3n) is 3.16. The predicted molar refractivity (Wildman–Crippen MR) is 74.7 cm³/mol. The molecule has 2 atom stereocenters. The number of benzene rings is 2. The van der Waals surface area contributed by atoms with Gasteiger partial charge in [-0.3, -0.25) is 0 Å². The molecule has 1 aliphatic heterocycles. The monoisotopic (exact) mass is 275 g/mol. The Hall–Kier alpha value is -1.71. The molecule has 2 unspecified atom stereocenters. The van der Waals surface area contributed by atoms with Crippen LogP contribution in [0.2, 0.25) is 5.02 Å². The van der Waals surface area contributed by atoms with Crippen molar-refractivity contribution in [2.24, 2.45) is 5.73 Å². The summed E-state index contributed by atoms with van der Waals surface area (Å²) < 4.78 is 11.6. The van der Waals surface area contributed by atoms with Gasteiger partial charge in [-0.05, 0) is 29.8 Å². The Labute approximate surface area is 116 Å². The molecule has 0 spiro atoms. The molecule has 4 heteroatoms. The van der Waals surface area contributed by atoms with E-state index in [0.29, 0.717) is 11.6 Å². The number of fused-ring (bicyclic) bond motifs is 1. The van der Waals surface area contributed by atoms with E-state index in [9.17, 15) is 0 Å². The van der Waals surface area contributed by atoms with Crippen LogP contribution in [0.15, 0.2) is 48.5 Å². The van der Waals surface area contributed by atoms with Gasteiger partial charge in [-0.15, -0.1) is 0 Å². The number of rotatable bonds is 2. The van der Waals surface area contributed by atoms with Crippen LogP contribution in [-0.2, 0) is 0 Å². The van der Waals surface area contributed by atoms with Crippen molar-refractivity contribution in [1.82, 2.24) is 0 Å². The van der Waals surface area contributed by atoms with Crippen molar-refractivity contribution in [3.63, 3.8) is 0 Å². The number of para-hydroxylation sites is 2. The molecule has 1 heterocycles. The van der Waals surface area contributed by atoms with Gasteiger partial charge in [0, 0.05) is 5.02 Å². The number of ether oxygens (including phenoxy) is 2. The Kier molecular flexibility index (Phi) is 3.32. The van der Waals surface area contributed by atoms with E-state index >= 15 is 0 Å². The van der Waals surface area contributed by atoms with Crippen LogP contribution in [-0.4, -0.2) is 12.7 Å². The lowest BCUT2D eigenvalue weighted by Gasteiger charge is -2.30. The van der Waals surface area contributed by atoms with Crippen molar-refractivity contribution in [2.75, 3.05) is 6.61 Å². The minimum Gasteiger partial charge on any atom is -0.486 e. The highest BCUT2D eigenvalue weighted by Gasteiger charge is 2.27. The van der Waals surface area contributed by atoms with Crippen molar-refractivity contribution in [3.8, 4) is 11.5 Å². The largest absolute Gasteiger partial charge is 0.486 e. The summed E-state index contributed by atoms with van der Waals surface area (Å²) >= 11 is 5.98. The van der Waals surface area contributed by atoms with Crippen molar-refractivity contribution < 1.29 is 9.47 Å². The van der Waals surface area contributed by atoms with Gasteiger partial charge >= 0.3 is 0 Å². The SMILES string of the molecule is NC(c1cccc(Cl)c1)C1COc2ccccc2O1. The second-order valence-electron chi connectivity index (χ2n) is 4.49. The van der Waals surface area contributed by atoms with Gasteiger partial charge in [-0.25, -0.2) is 0 Å². The Morgan fingerprint density at radius 2 is 1.89 bits per heavy atom. The quantitative estimate of drug-likeness (QED) is 0.915. The molecule has 98 valence electrons. The topological polar surface area (TPSA) is 44.5 Å². The van der Waals surface area contributed by atoms with Gasteiger partial charge in [0.05, 0.1) is 6.04 Å². The molecule has 0 aromatic heterocycles. The Morgan fingerprint density at radius 1 is 1.11 bits per heavy atom. The lowest BCUT2D eigenvalue weighted by molar-refractivity contribution is 0.0721. The maximum atomic E-state index is 6.23. The smallest absolute Gasteiger partial charge is 0.161 e. The number of hydrogen-bond donors (Lipinski definition) is 1. The van der Waals surface area contributed by atoms with E-state index in [0.717, 1.165) is 17.1 Å². The molecule has 19 heavy (non-hydrogen) atoms. The van der Waals surface area contributed by atoms with E-state index in [4.69, 9.17) is 26.8 Å². The van der Waals surface area contributed by atoms with E-state index in [1.807, 2.05) is 48.5 Å². The molecule has 0 amide bonds. The molecule has 0 aliphatic carbocycles. The summed E-state index contributed by atoms with van der Waals surface area (Å²) in [5.41, 5.74) is 7.18. The molecule has 0 bridgehead atoms. The van der Waals surface area contributed by atoms with Crippen LogP contribution in [0.1, 0.15) is 11.6 Å². The Bertz CT molecular complexity index is 588. The molecule has 2 N–H and O–H groups in total. The average Bonchev–Trinajstić information content (AvgIpc) is 2.46. The fourth-order valence-electron chi connectivity index (χ4n) is 2.14. The molecular formula is C15H14ClNO2. The molecule has 3 rings (SSSR count). The number of nitrogens with two attached hydrogens (primary N) is 1. The molecule has 0 saturated heterocycles. The third kappa shape index (κ3) is 2.53. The predicted octanol–water partition coefficient (Wildman–Crippen LogP) is 3.18. The lowest BCUT2D eigenvalue weighted by Crippen LogP contribution is -2.38. The Morgan fingerprint density at radius 3 is 2.68 bits per heavy atom. The summed E-state index contributed by atoms with van der Waals surface area (Å²) in [5, 5.41) is 0.671. The van der Waals surface area contributed by atoms with E-state index in [1.54, 1.807) is 0 Å². The van der Waals surface area contributed by atoms with Gasteiger partial charge in [0.1, 0.15) is 6.61 Å². The fraction of sp³-hybridized carbons (Fsp3) is 0.200. The van der Waals surface area contributed by atoms with Crippen LogP contribution in [0.4, 0.5) is 0 Å². The summed E-state index contributed by atoms with van der Waals surface area (Å²) in [7, 11) is 0. The van der Waals surface area contributed by atoms with Crippen LogP contribution < -0.4 is 15.2 Å². The van der Waals surface area contributed by atoms with Gasteiger partial charge in [-0.1, -0.05) is 35.9 Å². The molecule has 2 aromatic carbocycles. The second-order valence-corrected chi connectivity index (χ2v) is 4.93. The molecule has 1 aliphatic rings. The van der Waals surface area contributed by atoms with Crippen molar-refractivity contribution in [1.29, 1.82) is 0 Å². The van der Waals surface area contributed by atoms with Crippen molar-refractivity contribution in [3.05, 3.63) is 59.1 Å². The van der Waals surface area contributed by atoms with Gasteiger partial charge in [-0.2, -0.15) is 0 Å². The van der Waals surface area contributed by atoms with Crippen molar-refractivity contribution in [2.45, 2.75) is 12.1 Å². The second kappa shape index (κ2) is 5.11. The molecule has 0 radical (unpaired) electrons. The summed E-state index contributed by atoms with van der Waals surface area (Å²) in [6.07, 6.45) is -0.214. The minimum absolute atomic E-state index is 0.214. The normalized spacial score (nSPS) is 18.9. The highest BCUT2D eigenvalue weighted by Crippen LogP contribution is 2.33. The van der Waals surface area contributed by atoms with Crippen LogP contribution >= 0.6 is 11.6 Å². The maximum absolute atomic E-state index is 6.23. The minimum atomic E-state index is -0.271. The first-order valence-corrected chi connectivity index (χ1v) is 6.51. The van der Waals surface area contributed by atoms with E-state index in [2.05, 4.69) is 0 Å². The van der Waals surface area contributed by atoms with Crippen LogP contribution in [0.5, 0.6) is 11.5 Å². The number of halogens is 1. The zero-order valence-corrected chi connectivity index (χ0v) is 11.0. The molecule has 0 saturated carbocycles. The number of hydrogen-bond acceptors (Lipinski definition) is 3. The average molecular weight is 276 g/mol. The highest BCUT2D eigenvalue weighted by molar-refractivity contribution is 6.30. The van der Waals surface area contributed by atoms with Crippen LogP contribution in [0, 0.1) is 0 Å². The van der Waals surface area contributed by atoms with Crippen LogP contribution in [0.3, 0.4) is 0 Å². The highest BCUT2D eigenvalue weighted by atomic mass is 35.5. The van der Waals surface area contributed by atoms with E-state index < -0.39 is 0 Å². The first-order valence-electron chi connectivity index (χ1n) is 6.13. The Balaban J connectivity index is 1.81. The summed E-state index contributed by atoms with van der Waals surface area (Å²) in [6, 6.07) is 14.8. The molecular weight excluding hydrogens is 262 g/mol. The van der Waals surface area contributed by atoms with Crippen LogP contribution in [0.25, 0.3) is 0 Å². The molecule has 3 nitrogen and oxygen atoms in total. The third-order valence-corrected chi connectivity index (χ3v) is 3.40. The van der Waals surface area contributed by atoms with E-state index in [1.165, 1.54) is 0 Å². The summed E-state index contributed by atoms with van der Waals surface area (Å²) in [5.74, 6) is 1.49. The fourth-order valence-corrected chi connectivity index (χ4v) is 2.34. The summed E-state index contributed by atoms with van der Waals surface area (Å²) in [6.45, 7) is 0.435. The zero-order valence-electron chi connectivity index (χ0n) is 10.3. The lowest BCUT2D eigenvalue weighted by atomic mass is 10.0. The summed E-state index contributed by atoms with van der Waals surface area (Å²) in [4.78, 5) is 0. The standard InChI is InChI=1S/C15H14ClNO2/c16-11-5-3-4-10(8-11)15(17)14-9-18-12-6-1-2-7-13(12)19-14/h1-8,14-15H,9,17H2.